The zero-order valence-electron chi connectivity index (χ0n) is 9.60. The summed E-state index contributed by atoms with van der Waals surface area (Å²) in [5.41, 5.74) is 3.67. The van der Waals surface area contributed by atoms with Crippen molar-refractivity contribution in [3.63, 3.8) is 0 Å². The van der Waals surface area contributed by atoms with Crippen LogP contribution in [-0.4, -0.2) is 4.98 Å². The number of hydrogen-bond donors (Lipinski definition) is 0. The van der Waals surface area contributed by atoms with E-state index in [1.807, 2.05) is 19.1 Å². The summed E-state index contributed by atoms with van der Waals surface area (Å²) in [5.74, 6) is 0. The summed E-state index contributed by atoms with van der Waals surface area (Å²) in [6, 6.07) is 2.18. The number of aromatic nitrogens is 1. The monoisotopic (exact) mass is 290 g/mol. The first kappa shape index (κ1) is 14.4. The van der Waals surface area contributed by atoms with Crippen LogP contribution in [0, 0.1) is 0 Å². The molecule has 0 aromatic carbocycles. The van der Waals surface area contributed by atoms with Crippen molar-refractivity contribution in [2.75, 3.05) is 0 Å². The summed E-state index contributed by atoms with van der Waals surface area (Å²) in [4.78, 5) is 4.55. The molecule has 0 saturated heterocycles. The van der Waals surface area contributed by atoms with Gasteiger partial charge in [-0.05, 0) is 19.0 Å². The summed E-state index contributed by atoms with van der Waals surface area (Å²) in [5, 5.41) is 0. The smallest absolute Gasteiger partial charge is 0.362 e. The van der Waals surface area contributed by atoms with E-state index in [0.29, 0.717) is 0 Å². The summed E-state index contributed by atoms with van der Waals surface area (Å²) >= 11 is 0. The van der Waals surface area contributed by atoms with Gasteiger partial charge in [-0.25, -0.2) is 0 Å². The van der Waals surface area contributed by atoms with E-state index < -0.39 is 0 Å². The van der Waals surface area contributed by atoms with Crippen LogP contribution in [-0.2, 0) is 32.3 Å². The van der Waals surface area contributed by atoms with Crippen LogP contribution in [0.4, 0.5) is 0 Å². The molecule has 0 aliphatic carbocycles. The van der Waals surface area contributed by atoms with Gasteiger partial charge in [0.25, 0.3) is 0 Å². The molecule has 1 radical (unpaired) electrons. The molecule has 0 bridgehead atoms. The predicted octanol–water partition coefficient (Wildman–Crippen LogP) is 3.51. The maximum absolute atomic E-state index is 4.55. The molecule has 1 nitrogen and oxygen atoms in total. The number of allylic oxidation sites excluding steroid dienone is 3. The number of aryl methyl sites for hydroxylation is 2. The summed E-state index contributed by atoms with van der Waals surface area (Å²) in [6.45, 7) is 6.31. The van der Waals surface area contributed by atoms with Crippen LogP contribution in [0.5, 0.6) is 0 Å². The second kappa shape index (κ2) is 7.65. The van der Waals surface area contributed by atoms with Gasteiger partial charge in [0.1, 0.15) is 0 Å². The molecule has 1 rings (SSSR count). The van der Waals surface area contributed by atoms with Crippen molar-refractivity contribution in [2.24, 2.45) is 0 Å². The Balaban J connectivity index is 0.00000196. The van der Waals surface area contributed by atoms with Crippen molar-refractivity contribution in [1.29, 1.82) is 0 Å². The molecule has 0 amide bonds. The zero-order chi connectivity index (χ0) is 10.4. The molecular formula is C13H18NRu. The summed E-state index contributed by atoms with van der Waals surface area (Å²) in [6.07, 6.45) is 10.3. The zero-order valence-corrected chi connectivity index (χ0v) is 11.3. The minimum absolute atomic E-state index is 0. The molecule has 0 N–H and O–H groups in total. The first-order valence-electron chi connectivity index (χ1n) is 5.26. The van der Waals surface area contributed by atoms with Gasteiger partial charge in [0.15, 0.2) is 0 Å². The van der Waals surface area contributed by atoms with E-state index in [-0.39, 0.29) is 19.5 Å². The van der Waals surface area contributed by atoms with Crippen molar-refractivity contribution in [3.8, 4) is 0 Å². The van der Waals surface area contributed by atoms with Crippen LogP contribution in [0.1, 0.15) is 37.7 Å². The number of hydrogen-bond acceptors (Lipinski definition) is 1. The third kappa shape index (κ3) is 4.17. The number of rotatable bonds is 4. The minimum Gasteiger partial charge on any atom is -0.362 e. The normalized spacial score (nSPS) is 11.1. The van der Waals surface area contributed by atoms with Gasteiger partial charge in [-0.2, -0.15) is 6.07 Å². The molecule has 0 saturated carbocycles. The average molecular weight is 289 g/mol. The van der Waals surface area contributed by atoms with Gasteiger partial charge >= 0.3 is 19.5 Å². The Labute approximate surface area is 105 Å². The Hall–Kier alpha value is -0.617. The first-order chi connectivity index (χ1) is 6.81. The van der Waals surface area contributed by atoms with Crippen LogP contribution < -0.4 is 0 Å². The van der Waals surface area contributed by atoms with E-state index in [4.69, 9.17) is 0 Å². The topological polar surface area (TPSA) is 12.9 Å². The Morgan fingerprint density at radius 1 is 1.33 bits per heavy atom. The maximum Gasteiger partial charge on any atom is 1.00 e. The molecule has 1 aromatic rings. The Morgan fingerprint density at radius 3 is 2.60 bits per heavy atom. The third-order valence-electron chi connectivity index (χ3n) is 2.21. The molecule has 83 valence electrons. The van der Waals surface area contributed by atoms with E-state index in [1.54, 1.807) is 0 Å². The van der Waals surface area contributed by atoms with Crippen molar-refractivity contribution < 1.29 is 19.5 Å². The largest absolute Gasteiger partial charge is 1.00 e. The molecule has 0 atom stereocenters. The standard InChI is InChI=1S/C13H18N.Ru/c1-4-7-8-9-11-10-12(5-2)14-13(11)6-3;/h4,7-10H,5-6H2,1-3H3;/q-1;+1. The van der Waals surface area contributed by atoms with Crippen LogP contribution in [0.3, 0.4) is 0 Å². The first-order valence-corrected chi connectivity index (χ1v) is 5.26. The third-order valence-corrected chi connectivity index (χ3v) is 2.21. The Bertz CT molecular complexity index is 334. The molecule has 0 aliphatic heterocycles. The predicted molar refractivity (Wildman–Crippen MR) is 62.4 cm³/mol. The Morgan fingerprint density at radius 2 is 2.07 bits per heavy atom. The summed E-state index contributed by atoms with van der Waals surface area (Å²) < 4.78 is 0. The molecule has 0 fully saturated rings. The van der Waals surface area contributed by atoms with Crippen molar-refractivity contribution in [1.82, 2.24) is 4.98 Å². The van der Waals surface area contributed by atoms with Gasteiger partial charge in [-0.3, -0.25) is 0 Å². The fourth-order valence-electron chi connectivity index (χ4n) is 1.41. The maximum atomic E-state index is 4.55. The van der Waals surface area contributed by atoms with Crippen LogP contribution in [0.25, 0.3) is 6.08 Å². The molecule has 2 heteroatoms. The Kier molecular flexibility index (Phi) is 7.33. The van der Waals surface area contributed by atoms with E-state index in [1.165, 1.54) is 17.0 Å². The van der Waals surface area contributed by atoms with Crippen LogP contribution >= 0.6 is 0 Å². The van der Waals surface area contributed by atoms with Crippen molar-refractivity contribution >= 4 is 6.08 Å². The number of nitrogens with zero attached hydrogens (tertiary/aromatic N) is 1. The van der Waals surface area contributed by atoms with Crippen molar-refractivity contribution in [3.05, 3.63) is 41.2 Å². The quantitative estimate of drug-likeness (QED) is 0.469. The molecule has 15 heavy (non-hydrogen) atoms. The van der Waals surface area contributed by atoms with Crippen LogP contribution in [0.15, 0.2) is 24.3 Å². The van der Waals surface area contributed by atoms with E-state index >= 15 is 0 Å². The van der Waals surface area contributed by atoms with Gasteiger partial charge in [0, 0.05) is 0 Å². The van der Waals surface area contributed by atoms with Gasteiger partial charge in [0.05, 0.1) is 0 Å². The minimum atomic E-state index is 0. The second-order valence-electron chi connectivity index (χ2n) is 3.24. The van der Waals surface area contributed by atoms with Crippen molar-refractivity contribution in [2.45, 2.75) is 33.6 Å². The molecule has 1 heterocycles. The molecule has 0 aliphatic rings. The second-order valence-corrected chi connectivity index (χ2v) is 3.24. The van der Waals surface area contributed by atoms with Gasteiger partial charge < -0.3 is 4.98 Å². The molecule has 0 spiro atoms. The molecule has 0 unspecified atom stereocenters. The fraction of sp³-hybridized carbons (Fsp3) is 0.385. The average Bonchev–Trinajstić information content (AvgIpc) is 2.61. The van der Waals surface area contributed by atoms with Gasteiger partial charge in [-0.15, -0.1) is 17.7 Å². The fourth-order valence-corrected chi connectivity index (χ4v) is 1.41. The summed E-state index contributed by atoms with van der Waals surface area (Å²) in [7, 11) is 0. The molecular weight excluding hydrogens is 271 g/mol. The van der Waals surface area contributed by atoms with E-state index in [0.717, 1.165) is 12.8 Å². The molecule has 1 aromatic heterocycles. The van der Waals surface area contributed by atoms with Gasteiger partial charge in [-0.1, -0.05) is 38.1 Å². The van der Waals surface area contributed by atoms with E-state index in [9.17, 15) is 0 Å². The van der Waals surface area contributed by atoms with E-state index in [2.05, 4.69) is 37.0 Å². The van der Waals surface area contributed by atoms with Crippen LogP contribution in [0.2, 0.25) is 0 Å². The SMILES string of the molecule is CC=CC=Cc1cc(CC)n[c-]1CC.[Ru+]. The van der Waals surface area contributed by atoms with Gasteiger partial charge in [0.2, 0.25) is 0 Å².